The van der Waals surface area contributed by atoms with Crippen molar-refractivity contribution >= 4 is 0 Å². The van der Waals surface area contributed by atoms with Crippen molar-refractivity contribution in [1.82, 2.24) is 9.80 Å². The number of nitrogens with zero attached hydrogens (tertiary/aromatic N) is 2. The van der Waals surface area contributed by atoms with Crippen LogP contribution >= 0.6 is 0 Å². The minimum Gasteiger partial charge on any atom is -0.395 e. The van der Waals surface area contributed by atoms with E-state index in [-0.39, 0.29) is 12.2 Å². The molecule has 1 rings (SSSR count). The van der Waals surface area contributed by atoms with E-state index in [0.717, 1.165) is 32.7 Å². The molecule has 19 heavy (non-hydrogen) atoms. The van der Waals surface area contributed by atoms with E-state index >= 15 is 0 Å². The van der Waals surface area contributed by atoms with Crippen molar-refractivity contribution in [2.24, 2.45) is 0 Å². The largest absolute Gasteiger partial charge is 0.395 e. The highest BCUT2D eigenvalue weighted by molar-refractivity contribution is 4.89. The van der Waals surface area contributed by atoms with Crippen molar-refractivity contribution in [2.45, 2.75) is 25.6 Å². The van der Waals surface area contributed by atoms with E-state index in [9.17, 15) is 5.11 Å². The molecule has 1 atom stereocenters. The SMILES string of the molecule is C=CC(C)(C)OC[C@H](O)CN1CCN(CCO)CC1. The van der Waals surface area contributed by atoms with Gasteiger partial charge < -0.3 is 14.9 Å². The van der Waals surface area contributed by atoms with Crippen molar-refractivity contribution < 1.29 is 14.9 Å². The number of rotatable bonds is 8. The van der Waals surface area contributed by atoms with Crippen LogP contribution in [0.1, 0.15) is 13.8 Å². The van der Waals surface area contributed by atoms with Crippen LogP contribution in [0.5, 0.6) is 0 Å². The molecule has 5 heteroatoms. The molecule has 2 N–H and O–H groups in total. The molecule has 0 spiro atoms. The highest BCUT2D eigenvalue weighted by Crippen LogP contribution is 2.11. The van der Waals surface area contributed by atoms with Crippen LogP contribution in [0, 0.1) is 0 Å². The van der Waals surface area contributed by atoms with E-state index in [1.54, 1.807) is 6.08 Å². The molecule has 0 aromatic heterocycles. The lowest BCUT2D eigenvalue weighted by molar-refractivity contribution is -0.0451. The molecule has 0 amide bonds. The van der Waals surface area contributed by atoms with Crippen LogP contribution < -0.4 is 0 Å². The molecular formula is C14H28N2O3. The van der Waals surface area contributed by atoms with Gasteiger partial charge in [0, 0.05) is 39.3 Å². The van der Waals surface area contributed by atoms with Gasteiger partial charge in [-0.05, 0) is 13.8 Å². The van der Waals surface area contributed by atoms with Crippen LogP contribution in [0.25, 0.3) is 0 Å². The van der Waals surface area contributed by atoms with Gasteiger partial charge in [0.1, 0.15) is 0 Å². The Morgan fingerprint density at radius 1 is 1.26 bits per heavy atom. The first-order valence-electron chi connectivity index (χ1n) is 6.98. The monoisotopic (exact) mass is 272 g/mol. The Balaban J connectivity index is 2.19. The molecule has 0 aliphatic carbocycles. The summed E-state index contributed by atoms with van der Waals surface area (Å²) in [6.45, 7) is 13.3. The topological polar surface area (TPSA) is 56.2 Å². The Bertz CT molecular complexity index is 263. The van der Waals surface area contributed by atoms with Crippen LogP contribution in [0.4, 0.5) is 0 Å². The normalized spacial score (nSPS) is 20.4. The number of hydrogen-bond acceptors (Lipinski definition) is 5. The van der Waals surface area contributed by atoms with Gasteiger partial charge in [-0.25, -0.2) is 0 Å². The molecule has 0 radical (unpaired) electrons. The lowest BCUT2D eigenvalue weighted by Crippen LogP contribution is -2.49. The molecule has 0 aromatic carbocycles. The molecule has 5 nitrogen and oxygen atoms in total. The second-order valence-electron chi connectivity index (χ2n) is 5.64. The summed E-state index contributed by atoms with van der Waals surface area (Å²) in [4.78, 5) is 4.48. The molecule has 0 unspecified atom stereocenters. The van der Waals surface area contributed by atoms with Gasteiger partial charge in [-0.1, -0.05) is 6.08 Å². The number of piperazine rings is 1. The fourth-order valence-electron chi connectivity index (χ4n) is 2.06. The van der Waals surface area contributed by atoms with Gasteiger partial charge in [0.25, 0.3) is 0 Å². The van der Waals surface area contributed by atoms with E-state index in [0.29, 0.717) is 13.2 Å². The van der Waals surface area contributed by atoms with Gasteiger partial charge >= 0.3 is 0 Å². The summed E-state index contributed by atoms with van der Waals surface area (Å²) in [5, 5.41) is 18.9. The highest BCUT2D eigenvalue weighted by Gasteiger charge is 2.20. The number of aliphatic hydroxyl groups excluding tert-OH is 2. The molecule has 1 fully saturated rings. The maximum absolute atomic E-state index is 9.97. The fourth-order valence-corrected chi connectivity index (χ4v) is 2.06. The van der Waals surface area contributed by atoms with Crippen molar-refractivity contribution in [2.75, 3.05) is 52.5 Å². The fraction of sp³-hybridized carbons (Fsp3) is 0.857. The van der Waals surface area contributed by atoms with E-state index < -0.39 is 6.10 Å². The first kappa shape index (κ1) is 16.6. The third-order valence-corrected chi connectivity index (χ3v) is 3.49. The van der Waals surface area contributed by atoms with Crippen LogP contribution in [0.2, 0.25) is 0 Å². The van der Waals surface area contributed by atoms with Crippen LogP contribution in [0.15, 0.2) is 12.7 Å². The molecule has 1 aliphatic rings. The molecule has 0 aromatic rings. The van der Waals surface area contributed by atoms with E-state index in [4.69, 9.17) is 9.84 Å². The van der Waals surface area contributed by atoms with E-state index in [1.807, 2.05) is 13.8 Å². The first-order chi connectivity index (χ1) is 8.96. The number of ether oxygens (including phenoxy) is 1. The Morgan fingerprint density at radius 3 is 2.37 bits per heavy atom. The summed E-state index contributed by atoms with van der Waals surface area (Å²) < 4.78 is 5.60. The van der Waals surface area contributed by atoms with Crippen LogP contribution in [-0.2, 0) is 4.74 Å². The Kier molecular flexibility index (Phi) is 6.96. The highest BCUT2D eigenvalue weighted by atomic mass is 16.5. The zero-order valence-corrected chi connectivity index (χ0v) is 12.2. The second-order valence-corrected chi connectivity index (χ2v) is 5.64. The van der Waals surface area contributed by atoms with Crippen LogP contribution in [-0.4, -0.2) is 84.2 Å². The maximum Gasteiger partial charge on any atom is 0.0900 e. The van der Waals surface area contributed by atoms with Gasteiger partial charge in [-0.15, -0.1) is 6.58 Å². The summed E-state index contributed by atoms with van der Waals surface area (Å²) in [6, 6.07) is 0. The molecule has 0 bridgehead atoms. The summed E-state index contributed by atoms with van der Waals surface area (Å²) in [5.41, 5.74) is -0.388. The Labute approximate surface area is 116 Å². The van der Waals surface area contributed by atoms with E-state index in [1.165, 1.54) is 0 Å². The minimum absolute atomic E-state index is 0.215. The standard InChI is InChI=1S/C14H28N2O3/c1-4-14(2,3)19-12-13(18)11-16-7-5-15(6-8-16)9-10-17/h4,13,17-18H,1,5-12H2,2-3H3/t13-/m1/s1. The smallest absolute Gasteiger partial charge is 0.0900 e. The summed E-state index contributed by atoms with van der Waals surface area (Å²) in [7, 11) is 0. The maximum atomic E-state index is 9.97. The molecular weight excluding hydrogens is 244 g/mol. The number of hydrogen-bond donors (Lipinski definition) is 2. The van der Waals surface area contributed by atoms with Crippen LogP contribution in [0.3, 0.4) is 0 Å². The summed E-state index contributed by atoms with van der Waals surface area (Å²) in [6.07, 6.45) is 1.27. The quantitative estimate of drug-likeness (QED) is 0.606. The summed E-state index contributed by atoms with van der Waals surface area (Å²) >= 11 is 0. The number of aliphatic hydroxyl groups is 2. The molecule has 0 saturated carbocycles. The van der Waals surface area contributed by atoms with Gasteiger partial charge in [0.2, 0.25) is 0 Å². The molecule has 1 aliphatic heterocycles. The van der Waals surface area contributed by atoms with Crippen molar-refractivity contribution in [3.8, 4) is 0 Å². The average Bonchev–Trinajstić information content (AvgIpc) is 2.39. The predicted molar refractivity (Wildman–Crippen MR) is 76.2 cm³/mol. The van der Waals surface area contributed by atoms with Gasteiger partial charge in [0.05, 0.1) is 24.9 Å². The third kappa shape index (κ3) is 6.49. The Morgan fingerprint density at radius 2 is 1.84 bits per heavy atom. The summed E-state index contributed by atoms with van der Waals surface area (Å²) in [5.74, 6) is 0. The van der Waals surface area contributed by atoms with Gasteiger partial charge in [-0.3, -0.25) is 9.80 Å². The zero-order chi connectivity index (χ0) is 14.3. The average molecular weight is 272 g/mol. The minimum atomic E-state index is -0.469. The third-order valence-electron chi connectivity index (χ3n) is 3.49. The predicted octanol–water partition coefficient (Wildman–Crippen LogP) is -0.0616. The molecule has 1 saturated heterocycles. The molecule has 1 heterocycles. The van der Waals surface area contributed by atoms with Crippen molar-refractivity contribution in [1.29, 1.82) is 0 Å². The van der Waals surface area contributed by atoms with Gasteiger partial charge in [-0.2, -0.15) is 0 Å². The lowest BCUT2D eigenvalue weighted by Gasteiger charge is -2.35. The molecule has 112 valence electrons. The lowest BCUT2D eigenvalue weighted by atomic mass is 10.1. The van der Waals surface area contributed by atoms with Gasteiger partial charge in [0.15, 0.2) is 0 Å². The number of β-amino-alcohol motifs (C(OH)–C–C–N with tert-alkyl or cyclic N) is 2. The van der Waals surface area contributed by atoms with Crippen molar-refractivity contribution in [3.63, 3.8) is 0 Å². The second kappa shape index (κ2) is 7.97. The van der Waals surface area contributed by atoms with Crippen molar-refractivity contribution in [3.05, 3.63) is 12.7 Å². The Hall–Kier alpha value is -0.460. The first-order valence-corrected chi connectivity index (χ1v) is 6.98. The zero-order valence-electron chi connectivity index (χ0n) is 12.2. The van der Waals surface area contributed by atoms with E-state index in [2.05, 4.69) is 16.4 Å².